The van der Waals surface area contributed by atoms with Gasteiger partial charge in [0.05, 0.1) is 5.92 Å². The normalized spacial score (nSPS) is 29.0. The Balaban J connectivity index is 1.63. The van der Waals surface area contributed by atoms with Gasteiger partial charge in [0.25, 0.3) is 0 Å². The zero-order valence-corrected chi connectivity index (χ0v) is 10.7. The zero-order valence-electron chi connectivity index (χ0n) is 10.7. The molecule has 4 rings (SSSR count). The van der Waals surface area contributed by atoms with Crippen LogP contribution in [-0.4, -0.2) is 32.2 Å². The quantitative estimate of drug-likeness (QED) is 0.877. The Hall–Kier alpha value is -1.82. The lowest BCUT2D eigenvalue weighted by Crippen LogP contribution is -2.21. The number of rotatable bonds is 2. The zero-order chi connectivity index (χ0) is 12.8. The molecule has 6 nitrogen and oxygen atoms in total. The van der Waals surface area contributed by atoms with Gasteiger partial charge in [0, 0.05) is 18.3 Å². The van der Waals surface area contributed by atoms with Crippen LogP contribution in [0.25, 0.3) is 11.5 Å². The SMILES string of the molecule is Cc1nccc(-c2noc(C3CC4CCC3N4)n2)n1. The molecule has 2 aromatic rings. The topological polar surface area (TPSA) is 76.7 Å². The first-order valence-corrected chi connectivity index (χ1v) is 6.69. The number of hydrogen-bond donors (Lipinski definition) is 1. The molecule has 6 heteroatoms. The van der Waals surface area contributed by atoms with Gasteiger partial charge in [0.2, 0.25) is 11.7 Å². The third-order valence-electron chi connectivity index (χ3n) is 4.06. The maximum atomic E-state index is 5.43. The monoisotopic (exact) mass is 257 g/mol. The van der Waals surface area contributed by atoms with Gasteiger partial charge >= 0.3 is 0 Å². The van der Waals surface area contributed by atoms with E-state index in [2.05, 4.69) is 25.4 Å². The number of nitrogens with zero attached hydrogens (tertiary/aromatic N) is 4. The summed E-state index contributed by atoms with van der Waals surface area (Å²) in [6.45, 7) is 1.85. The van der Waals surface area contributed by atoms with Gasteiger partial charge < -0.3 is 9.84 Å². The van der Waals surface area contributed by atoms with Crippen molar-refractivity contribution in [1.29, 1.82) is 0 Å². The highest BCUT2D eigenvalue weighted by atomic mass is 16.5. The Morgan fingerprint density at radius 1 is 1.32 bits per heavy atom. The molecule has 2 aromatic heterocycles. The van der Waals surface area contributed by atoms with E-state index in [9.17, 15) is 0 Å². The van der Waals surface area contributed by atoms with Gasteiger partial charge in [-0.1, -0.05) is 5.16 Å². The first-order valence-electron chi connectivity index (χ1n) is 6.69. The molecule has 4 heterocycles. The van der Waals surface area contributed by atoms with Crippen molar-refractivity contribution in [3.05, 3.63) is 24.0 Å². The minimum atomic E-state index is 0.364. The van der Waals surface area contributed by atoms with Crippen LogP contribution in [0, 0.1) is 6.92 Å². The average Bonchev–Trinajstić information content (AvgIpc) is 3.14. The van der Waals surface area contributed by atoms with Crippen LogP contribution in [0.3, 0.4) is 0 Å². The molecule has 0 aliphatic carbocycles. The summed E-state index contributed by atoms with van der Waals surface area (Å²) in [5, 5.41) is 7.63. The summed E-state index contributed by atoms with van der Waals surface area (Å²) in [4.78, 5) is 12.9. The lowest BCUT2D eigenvalue weighted by Gasteiger charge is -2.15. The van der Waals surface area contributed by atoms with E-state index in [1.807, 2.05) is 6.92 Å². The van der Waals surface area contributed by atoms with Gasteiger partial charge in [-0.3, -0.25) is 0 Å². The summed E-state index contributed by atoms with van der Waals surface area (Å²) >= 11 is 0. The number of hydrogen-bond acceptors (Lipinski definition) is 6. The summed E-state index contributed by atoms with van der Waals surface area (Å²) < 4.78 is 5.43. The van der Waals surface area contributed by atoms with E-state index < -0.39 is 0 Å². The van der Waals surface area contributed by atoms with E-state index in [4.69, 9.17) is 4.52 Å². The molecule has 0 saturated carbocycles. The van der Waals surface area contributed by atoms with E-state index in [1.54, 1.807) is 12.3 Å². The van der Waals surface area contributed by atoms with E-state index in [-0.39, 0.29) is 0 Å². The van der Waals surface area contributed by atoms with E-state index in [0.29, 0.717) is 29.7 Å². The van der Waals surface area contributed by atoms with E-state index >= 15 is 0 Å². The van der Waals surface area contributed by atoms with Crippen LogP contribution < -0.4 is 5.32 Å². The molecular weight excluding hydrogens is 242 g/mol. The van der Waals surface area contributed by atoms with Crippen molar-refractivity contribution in [2.24, 2.45) is 0 Å². The summed E-state index contributed by atoms with van der Waals surface area (Å²) in [6.07, 6.45) is 5.30. The van der Waals surface area contributed by atoms with Gasteiger partial charge in [-0.05, 0) is 32.3 Å². The third kappa shape index (κ3) is 1.83. The van der Waals surface area contributed by atoms with Crippen LogP contribution in [0.1, 0.15) is 36.9 Å². The minimum absolute atomic E-state index is 0.364. The molecule has 19 heavy (non-hydrogen) atoms. The van der Waals surface area contributed by atoms with Crippen LogP contribution in [0.2, 0.25) is 0 Å². The minimum Gasteiger partial charge on any atom is -0.339 e. The highest BCUT2D eigenvalue weighted by molar-refractivity contribution is 5.47. The number of fused-ring (bicyclic) bond motifs is 2. The van der Waals surface area contributed by atoms with Crippen molar-refractivity contribution in [2.75, 3.05) is 0 Å². The Morgan fingerprint density at radius 3 is 3.00 bits per heavy atom. The van der Waals surface area contributed by atoms with E-state index in [1.165, 1.54) is 12.8 Å². The number of aromatic nitrogens is 4. The van der Waals surface area contributed by atoms with Crippen molar-refractivity contribution in [3.63, 3.8) is 0 Å². The highest BCUT2D eigenvalue weighted by Crippen LogP contribution is 2.39. The molecule has 2 bridgehead atoms. The molecule has 0 amide bonds. The largest absolute Gasteiger partial charge is 0.339 e. The van der Waals surface area contributed by atoms with E-state index in [0.717, 1.165) is 18.0 Å². The fourth-order valence-corrected chi connectivity index (χ4v) is 3.17. The standard InChI is InChI=1S/C13H15N5O/c1-7-14-5-4-11(15-7)12-17-13(19-18-12)9-6-8-2-3-10(9)16-8/h4-5,8-10,16H,2-3,6H2,1H3. The second-order valence-electron chi connectivity index (χ2n) is 5.33. The lowest BCUT2D eigenvalue weighted by atomic mass is 9.89. The summed E-state index contributed by atoms with van der Waals surface area (Å²) in [6, 6.07) is 2.94. The van der Waals surface area contributed by atoms with Gasteiger partial charge in [-0.25, -0.2) is 9.97 Å². The van der Waals surface area contributed by atoms with Crippen LogP contribution in [0.15, 0.2) is 16.8 Å². The predicted molar refractivity (Wildman–Crippen MR) is 67.4 cm³/mol. The average molecular weight is 257 g/mol. The first-order chi connectivity index (χ1) is 9.29. The molecule has 0 radical (unpaired) electrons. The van der Waals surface area contributed by atoms with Crippen molar-refractivity contribution in [1.82, 2.24) is 25.4 Å². The van der Waals surface area contributed by atoms with Gasteiger partial charge in [-0.2, -0.15) is 4.98 Å². The van der Waals surface area contributed by atoms with Crippen molar-refractivity contribution >= 4 is 0 Å². The maximum Gasteiger partial charge on any atom is 0.231 e. The molecule has 3 unspecified atom stereocenters. The fourth-order valence-electron chi connectivity index (χ4n) is 3.17. The number of aryl methyl sites for hydroxylation is 1. The predicted octanol–water partition coefficient (Wildman–Crippen LogP) is 1.44. The summed E-state index contributed by atoms with van der Waals surface area (Å²) in [5.74, 6) is 2.38. The second-order valence-corrected chi connectivity index (χ2v) is 5.33. The van der Waals surface area contributed by atoms with Crippen LogP contribution in [0.4, 0.5) is 0 Å². The Bertz CT molecular complexity index is 611. The molecule has 1 N–H and O–H groups in total. The van der Waals surface area contributed by atoms with Gasteiger partial charge in [0.15, 0.2) is 0 Å². The molecule has 0 aromatic carbocycles. The molecule has 98 valence electrons. The van der Waals surface area contributed by atoms with Crippen LogP contribution >= 0.6 is 0 Å². The Kier molecular flexibility index (Phi) is 2.38. The maximum absolute atomic E-state index is 5.43. The Morgan fingerprint density at radius 2 is 2.26 bits per heavy atom. The molecule has 2 aliphatic heterocycles. The molecular formula is C13H15N5O. The third-order valence-corrected chi connectivity index (χ3v) is 4.06. The van der Waals surface area contributed by atoms with Gasteiger partial charge in [0.1, 0.15) is 11.5 Å². The second kappa shape index (κ2) is 4.09. The number of nitrogens with one attached hydrogen (secondary N) is 1. The highest BCUT2D eigenvalue weighted by Gasteiger charge is 2.42. The molecule has 2 aliphatic rings. The molecule has 2 fully saturated rings. The molecule has 2 saturated heterocycles. The van der Waals surface area contributed by atoms with Crippen molar-refractivity contribution < 1.29 is 4.52 Å². The first kappa shape index (κ1) is 11.0. The fraction of sp³-hybridized carbons (Fsp3) is 0.538. The molecule has 3 atom stereocenters. The van der Waals surface area contributed by atoms with Crippen LogP contribution in [-0.2, 0) is 0 Å². The lowest BCUT2D eigenvalue weighted by molar-refractivity contribution is 0.329. The summed E-state index contributed by atoms with van der Waals surface area (Å²) in [5.41, 5.74) is 0.721. The van der Waals surface area contributed by atoms with Crippen molar-refractivity contribution in [3.8, 4) is 11.5 Å². The van der Waals surface area contributed by atoms with Crippen molar-refractivity contribution in [2.45, 2.75) is 44.2 Å². The Labute approximate surface area is 110 Å². The smallest absolute Gasteiger partial charge is 0.231 e. The van der Waals surface area contributed by atoms with Crippen LogP contribution in [0.5, 0.6) is 0 Å². The summed E-state index contributed by atoms with van der Waals surface area (Å²) in [7, 11) is 0. The molecule has 0 spiro atoms. The van der Waals surface area contributed by atoms with Gasteiger partial charge in [-0.15, -0.1) is 0 Å².